The van der Waals surface area contributed by atoms with Gasteiger partial charge in [-0.25, -0.2) is 0 Å². The van der Waals surface area contributed by atoms with Crippen molar-refractivity contribution in [3.05, 3.63) is 76.3 Å². The van der Waals surface area contributed by atoms with E-state index in [9.17, 15) is 4.79 Å². The molecule has 1 aromatic heterocycles. The van der Waals surface area contributed by atoms with E-state index in [-0.39, 0.29) is 5.91 Å². The van der Waals surface area contributed by atoms with E-state index in [0.29, 0.717) is 16.6 Å². The van der Waals surface area contributed by atoms with E-state index < -0.39 is 0 Å². The van der Waals surface area contributed by atoms with Gasteiger partial charge in [-0.1, -0.05) is 73.7 Å². The predicted molar refractivity (Wildman–Crippen MR) is 102 cm³/mol. The molecule has 1 amide bonds. The van der Waals surface area contributed by atoms with Crippen molar-refractivity contribution < 1.29 is 4.79 Å². The normalized spacial score (nSPS) is 10.8. The average Bonchev–Trinajstić information content (AvgIpc) is 3.02. The standard InChI is InChI=1S/C20H21N3OS/c1-14(2)12-18-22-23-20(25-18)21-19(24)17-11-7-6-10-16(17)13-15-8-4-3-5-9-15/h3-11,14H,12-13H2,1-2H3,(H,21,23,24). The van der Waals surface area contributed by atoms with Crippen LogP contribution in [-0.4, -0.2) is 16.1 Å². The smallest absolute Gasteiger partial charge is 0.257 e. The summed E-state index contributed by atoms with van der Waals surface area (Å²) >= 11 is 1.44. The van der Waals surface area contributed by atoms with Gasteiger partial charge in [0.2, 0.25) is 5.13 Å². The summed E-state index contributed by atoms with van der Waals surface area (Å²) in [5, 5.41) is 12.6. The number of nitrogens with zero attached hydrogens (tertiary/aromatic N) is 2. The van der Waals surface area contributed by atoms with Crippen LogP contribution in [0.4, 0.5) is 5.13 Å². The van der Waals surface area contributed by atoms with Crippen LogP contribution < -0.4 is 5.32 Å². The molecule has 1 N–H and O–H groups in total. The van der Waals surface area contributed by atoms with Crippen molar-refractivity contribution in [2.24, 2.45) is 5.92 Å². The number of nitrogens with one attached hydrogen (secondary N) is 1. The van der Waals surface area contributed by atoms with Gasteiger partial charge in [-0.3, -0.25) is 10.1 Å². The third-order valence-corrected chi connectivity index (χ3v) is 4.63. The number of anilines is 1. The summed E-state index contributed by atoms with van der Waals surface area (Å²) in [6.45, 7) is 4.28. The van der Waals surface area contributed by atoms with E-state index in [2.05, 4.69) is 41.5 Å². The van der Waals surface area contributed by atoms with Crippen molar-refractivity contribution in [2.45, 2.75) is 26.7 Å². The number of benzene rings is 2. The minimum atomic E-state index is -0.140. The van der Waals surface area contributed by atoms with Gasteiger partial charge in [0.1, 0.15) is 5.01 Å². The molecule has 0 unspecified atom stereocenters. The molecule has 0 saturated carbocycles. The van der Waals surface area contributed by atoms with Crippen LogP contribution in [0.25, 0.3) is 0 Å². The number of carbonyl (C=O) groups is 1. The molecule has 0 aliphatic heterocycles. The van der Waals surface area contributed by atoms with E-state index in [1.54, 1.807) is 0 Å². The van der Waals surface area contributed by atoms with Gasteiger partial charge in [-0.15, -0.1) is 10.2 Å². The van der Waals surface area contributed by atoms with Gasteiger partial charge in [0.25, 0.3) is 5.91 Å². The zero-order valence-electron chi connectivity index (χ0n) is 14.4. The SMILES string of the molecule is CC(C)Cc1nnc(NC(=O)c2ccccc2Cc2ccccc2)s1. The van der Waals surface area contributed by atoms with Crippen molar-refractivity contribution in [3.8, 4) is 0 Å². The second-order valence-electron chi connectivity index (χ2n) is 6.37. The molecule has 0 radical (unpaired) electrons. The Hall–Kier alpha value is -2.53. The van der Waals surface area contributed by atoms with Gasteiger partial charge in [0.15, 0.2) is 0 Å². The molecule has 128 valence electrons. The molecule has 0 aliphatic rings. The molecule has 2 aromatic carbocycles. The lowest BCUT2D eigenvalue weighted by atomic mass is 9.99. The van der Waals surface area contributed by atoms with Crippen LogP contribution in [0.2, 0.25) is 0 Å². The summed E-state index contributed by atoms with van der Waals surface area (Å²) in [6.07, 6.45) is 1.59. The molecule has 25 heavy (non-hydrogen) atoms. The van der Waals surface area contributed by atoms with Crippen LogP contribution in [0.15, 0.2) is 54.6 Å². The highest BCUT2D eigenvalue weighted by molar-refractivity contribution is 7.15. The first-order chi connectivity index (χ1) is 12.1. The quantitative estimate of drug-likeness (QED) is 0.707. The molecular formula is C20H21N3OS. The molecule has 0 atom stereocenters. The summed E-state index contributed by atoms with van der Waals surface area (Å²) in [7, 11) is 0. The minimum absolute atomic E-state index is 0.140. The number of aromatic nitrogens is 2. The first kappa shape index (κ1) is 17.3. The topological polar surface area (TPSA) is 54.9 Å². The zero-order chi connectivity index (χ0) is 17.6. The van der Waals surface area contributed by atoms with E-state index in [1.165, 1.54) is 16.9 Å². The molecule has 0 aliphatic carbocycles. The second kappa shape index (κ2) is 8.03. The summed E-state index contributed by atoms with van der Waals surface area (Å²) in [5.74, 6) is 0.377. The lowest BCUT2D eigenvalue weighted by Crippen LogP contribution is -2.14. The number of hydrogen-bond donors (Lipinski definition) is 1. The highest BCUT2D eigenvalue weighted by Gasteiger charge is 2.14. The Labute approximate surface area is 151 Å². The maximum Gasteiger partial charge on any atom is 0.257 e. The summed E-state index contributed by atoms with van der Waals surface area (Å²) in [5.41, 5.74) is 2.85. The Kier molecular flexibility index (Phi) is 5.56. The Morgan fingerprint density at radius 1 is 1.04 bits per heavy atom. The van der Waals surface area contributed by atoms with Crippen LogP contribution in [0.1, 0.15) is 40.3 Å². The van der Waals surface area contributed by atoms with Crippen molar-refractivity contribution in [2.75, 3.05) is 5.32 Å². The lowest BCUT2D eigenvalue weighted by molar-refractivity contribution is 0.102. The van der Waals surface area contributed by atoms with Gasteiger partial charge in [-0.2, -0.15) is 0 Å². The van der Waals surface area contributed by atoms with Gasteiger partial charge in [0.05, 0.1) is 0 Å². The summed E-state index contributed by atoms with van der Waals surface area (Å²) < 4.78 is 0. The minimum Gasteiger partial charge on any atom is -0.296 e. The molecule has 0 spiro atoms. The Morgan fingerprint density at radius 2 is 1.76 bits per heavy atom. The van der Waals surface area contributed by atoms with Crippen molar-refractivity contribution >= 4 is 22.4 Å². The fraction of sp³-hybridized carbons (Fsp3) is 0.250. The molecule has 0 fully saturated rings. The van der Waals surface area contributed by atoms with E-state index in [1.807, 2.05) is 42.5 Å². The predicted octanol–water partition coefficient (Wildman–Crippen LogP) is 4.58. The maximum absolute atomic E-state index is 12.7. The number of rotatable bonds is 6. The second-order valence-corrected chi connectivity index (χ2v) is 7.43. The fourth-order valence-electron chi connectivity index (χ4n) is 2.61. The van der Waals surface area contributed by atoms with Gasteiger partial charge < -0.3 is 0 Å². The third-order valence-electron chi connectivity index (χ3n) is 3.77. The molecule has 3 rings (SSSR count). The Bertz CT molecular complexity index is 843. The highest BCUT2D eigenvalue weighted by atomic mass is 32.1. The van der Waals surface area contributed by atoms with Gasteiger partial charge in [-0.05, 0) is 29.5 Å². The summed E-state index contributed by atoms with van der Waals surface area (Å²) in [4.78, 5) is 12.7. The Balaban J connectivity index is 1.75. The largest absolute Gasteiger partial charge is 0.296 e. The molecule has 1 heterocycles. The zero-order valence-corrected chi connectivity index (χ0v) is 15.2. The monoisotopic (exact) mass is 351 g/mol. The van der Waals surface area contributed by atoms with E-state index in [4.69, 9.17) is 0 Å². The fourth-order valence-corrected chi connectivity index (χ4v) is 3.56. The molecule has 5 heteroatoms. The molecule has 0 saturated heterocycles. The van der Waals surface area contributed by atoms with Crippen molar-refractivity contribution in [3.63, 3.8) is 0 Å². The number of carbonyl (C=O) groups excluding carboxylic acids is 1. The molecule has 0 bridgehead atoms. The third kappa shape index (κ3) is 4.73. The van der Waals surface area contributed by atoms with Crippen molar-refractivity contribution in [1.82, 2.24) is 10.2 Å². The Morgan fingerprint density at radius 3 is 2.52 bits per heavy atom. The van der Waals surface area contributed by atoms with Crippen LogP contribution in [0, 0.1) is 5.92 Å². The summed E-state index contributed by atoms with van der Waals surface area (Å²) in [6, 6.07) is 17.8. The van der Waals surface area contributed by atoms with Crippen LogP contribution in [0.5, 0.6) is 0 Å². The van der Waals surface area contributed by atoms with Crippen LogP contribution in [-0.2, 0) is 12.8 Å². The lowest BCUT2D eigenvalue weighted by Gasteiger charge is -2.09. The van der Waals surface area contributed by atoms with Crippen LogP contribution >= 0.6 is 11.3 Å². The van der Waals surface area contributed by atoms with Crippen LogP contribution in [0.3, 0.4) is 0 Å². The number of amides is 1. The van der Waals surface area contributed by atoms with E-state index >= 15 is 0 Å². The molecule has 3 aromatic rings. The molecular weight excluding hydrogens is 330 g/mol. The van der Waals surface area contributed by atoms with Gasteiger partial charge >= 0.3 is 0 Å². The molecule has 4 nitrogen and oxygen atoms in total. The highest BCUT2D eigenvalue weighted by Crippen LogP contribution is 2.20. The van der Waals surface area contributed by atoms with E-state index in [0.717, 1.165) is 23.4 Å². The average molecular weight is 351 g/mol. The maximum atomic E-state index is 12.7. The van der Waals surface area contributed by atoms with Crippen molar-refractivity contribution in [1.29, 1.82) is 0 Å². The number of hydrogen-bond acceptors (Lipinski definition) is 4. The van der Waals surface area contributed by atoms with Gasteiger partial charge in [0, 0.05) is 12.0 Å². The first-order valence-corrected chi connectivity index (χ1v) is 9.19. The first-order valence-electron chi connectivity index (χ1n) is 8.37.